The van der Waals surface area contributed by atoms with Gasteiger partial charge in [-0.25, -0.2) is 0 Å². The Labute approximate surface area is 404 Å². The molecule has 6 atom stereocenters. The van der Waals surface area contributed by atoms with Crippen LogP contribution in [0, 0.1) is 56.3 Å². The fourth-order valence-electron chi connectivity index (χ4n) is 10.5. The van der Waals surface area contributed by atoms with Crippen molar-refractivity contribution in [2.45, 2.75) is 152 Å². The summed E-state index contributed by atoms with van der Waals surface area (Å²) in [6.07, 6.45) is 22.8. The van der Waals surface area contributed by atoms with Gasteiger partial charge in [-0.15, -0.1) is 33.1 Å². The summed E-state index contributed by atoms with van der Waals surface area (Å²) >= 11 is 0. The maximum absolute atomic E-state index is 13.6. The molecule has 0 amide bonds. The van der Waals surface area contributed by atoms with Gasteiger partial charge in [-0.1, -0.05) is 145 Å². The number of methoxy groups -OCH3 is 1. The Morgan fingerprint density at radius 2 is 1.51 bits per heavy atom. The number of hydrogen-bond acceptors (Lipinski definition) is 6. The van der Waals surface area contributed by atoms with Gasteiger partial charge in [0, 0.05) is 23.3 Å². The van der Waals surface area contributed by atoms with Gasteiger partial charge in [0.25, 0.3) is 0 Å². The van der Waals surface area contributed by atoms with Crippen LogP contribution in [-0.4, -0.2) is 59.9 Å². The number of rotatable bonds is 20. The van der Waals surface area contributed by atoms with Crippen molar-refractivity contribution in [3.05, 3.63) is 90.1 Å². The van der Waals surface area contributed by atoms with Crippen LogP contribution >= 0.6 is 0 Å². The second-order valence-corrected chi connectivity index (χ2v) is 19.7. The van der Waals surface area contributed by atoms with Gasteiger partial charge in [0.05, 0.1) is 13.2 Å². The van der Waals surface area contributed by atoms with Crippen molar-refractivity contribution in [2.24, 2.45) is 35.5 Å². The van der Waals surface area contributed by atoms with Gasteiger partial charge in [0.15, 0.2) is 0 Å². The number of hydrogen-bond donors (Lipinski definition) is 2. The molecule has 0 saturated carbocycles. The van der Waals surface area contributed by atoms with Crippen LogP contribution in [0.15, 0.2) is 23.9 Å². The molecule has 1 unspecified atom stereocenters. The second-order valence-electron chi connectivity index (χ2n) is 19.7. The van der Waals surface area contributed by atoms with Gasteiger partial charge < -0.3 is 34.8 Å². The standard InChI is InChI=1S/C55H75N4O5.Mg/c1-13-39-35(8)42-28-44-37(10)41(24-25-48(60)64-27-26-34(7)23-17-22-33(6)21-16-20-32(5)19-15-18-31(3)4)52(58-44)50-51(55(62)63-12)54(61)49-38(11)45(59-53(49)50)30-47-40(14-2)36(9)43(57-47)29-46(39)56-42;/h13,26,28-33,37,41,51-52,58,61H,1,14-25,27H2,2-12H3;/q-3;+2/b34-26+,43-29-,44-28-,47-30-;/t32-,33-,37+,41+,51-,52?;/m1./s1. The van der Waals surface area contributed by atoms with E-state index in [2.05, 4.69) is 80.3 Å². The van der Waals surface area contributed by atoms with E-state index in [9.17, 15) is 14.7 Å². The molecule has 3 aromatic heterocycles. The van der Waals surface area contributed by atoms with Crippen LogP contribution in [0.1, 0.15) is 164 Å². The summed E-state index contributed by atoms with van der Waals surface area (Å²) in [5, 5.41) is 18.5. The molecular weight excluding hydrogens is 821 g/mol. The van der Waals surface area contributed by atoms with Gasteiger partial charge in [-0.2, -0.15) is 0 Å². The number of aliphatic hydroxyl groups is 1. The van der Waals surface area contributed by atoms with Crippen molar-refractivity contribution in [1.29, 1.82) is 0 Å². The Morgan fingerprint density at radius 1 is 0.862 bits per heavy atom. The van der Waals surface area contributed by atoms with Crippen molar-refractivity contribution in [2.75, 3.05) is 13.7 Å². The van der Waals surface area contributed by atoms with Crippen LogP contribution in [0.3, 0.4) is 0 Å². The third-order valence-corrected chi connectivity index (χ3v) is 14.6. The molecule has 10 heteroatoms. The van der Waals surface area contributed by atoms with Crippen LogP contribution < -0.4 is 41.5 Å². The van der Waals surface area contributed by atoms with Crippen molar-refractivity contribution in [1.82, 2.24) is 20.3 Å². The maximum Gasteiger partial charge on any atom is 2.00 e. The molecule has 1 aliphatic carbocycles. The van der Waals surface area contributed by atoms with E-state index in [0.717, 1.165) is 92.6 Å². The van der Waals surface area contributed by atoms with Crippen molar-refractivity contribution < 1.29 is 24.2 Å². The SMILES string of the molecule is C=Cc1c2[n-]c(c1C)/C=C1\NC(C3=c4[n-]c(c(C)c4=C(O)[C@@H]3C(=O)OC)/C=c3\[n-]/c(c(C)c3CC)=C\2)[C@@H](CCC(=O)OC/C=C(\C)CCC[C@H](C)CCC[C@H](C)CCCC(C)C)[C@@H]1C.[Mg+2]. The van der Waals surface area contributed by atoms with Gasteiger partial charge in [0.2, 0.25) is 0 Å². The normalized spacial score (nSPS) is 21.7. The number of ether oxygens (including phenoxy) is 2. The molecule has 0 spiro atoms. The third kappa shape index (κ3) is 11.7. The molecule has 3 aromatic rings. The zero-order valence-corrected chi connectivity index (χ0v) is 42.9. The zero-order valence-electron chi connectivity index (χ0n) is 41.5. The Balaban J connectivity index is 0.00000793. The summed E-state index contributed by atoms with van der Waals surface area (Å²) < 4.78 is 11.1. The Bertz CT molecular complexity index is 2510. The molecule has 0 aromatic carbocycles. The first kappa shape index (κ1) is 51.8. The Hall–Kier alpha value is -4.15. The van der Waals surface area contributed by atoms with E-state index in [1.807, 2.05) is 31.2 Å². The fraction of sp³-hybridized carbons (Fsp3) is 0.564. The second kappa shape index (κ2) is 23.0. The molecule has 8 bridgehead atoms. The van der Waals surface area contributed by atoms with Gasteiger partial charge in [0.1, 0.15) is 18.3 Å². The number of nitrogens with zero attached hydrogens (tertiary/aromatic N) is 3. The van der Waals surface area contributed by atoms with Crippen LogP contribution in [0.5, 0.6) is 0 Å². The van der Waals surface area contributed by atoms with Crippen LogP contribution in [0.4, 0.5) is 0 Å². The van der Waals surface area contributed by atoms with Gasteiger partial charge in [-0.05, 0) is 94.3 Å². The molecule has 1 saturated heterocycles. The molecular formula is C55H75MgN4O5-. The number of allylic oxidation sites excluding steroid dienone is 2. The number of aliphatic hydroxyl groups excluding tert-OH is 1. The van der Waals surface area contributed by atoms with Gasteiger partial charge in [-0.3, -0.25) is 9.59 Å². The predicted octanol–water partition coefficient (Wildman–Crippen LogP) is 7.87. The van der Waals surface area contributed by atoms with Crippen LogP contribution in [0.25, 0.3) is 35.6 Å². The van der Waals surface area contributed by atoms with E-state index in [0.29, 0.717) is 28.3 Å². The average Bonchev–Trinajstić information content (AvgIpc) is 3.99. The predicted molar refractivity (Wildman–Crippen MR) is 266 cm³/mol. The van der Waals surface area contributed by atoms with E-state index >= 15 is 0 Å². The minimum Gasteiger partial charge on any atom is -0.657 e. The van der Waals surface area contributed by atoms with Gasteiger partial charge >= 0.3 is 35.0 Å². The summed E-state index contributed by atoms with van der Waals surface area (Å²) in [5.41, 5.74) is 10.0. The van der Waals surface area contributed by atoms with E-state index < -0.39 is 17.9 Å². The molecule has 0 radical (unpaired) electrons. The molecule has 6 rings (SSSR count). The molecule has 9 nitrogen and oxygen atoms in total. The van der Waals surface area contributed by atoms with Crippen LogP contribution in [-0.2, 0) is 25.5 Å². The molecule has 2 N–H and O–H groups in total. The third-order valence-electron chi connectivity index (χ3n) is 14.6. The van der Waals surface area contributed by atoms with E-state index in [4.69, 9.17) is 24.4 Å². The Kier molecular flexibility index (Phi) is 18.4. The van der Waals surface area contributed by atoms with E-state index in [1.54, 1.807) is 0 Å². The topological polar surface area (TPSA) is 127 Å². The average molecular weight is 897 g/mol. The summed E-state index contributed by atoms with van der Waals surface area (Å²) in [5.74, 6) is 0.198. The monoisotopic (exact) mass is 896 g/mol. The van der Waals surface area contributed by atoms with Crippen molar-refractivity contribution in [3.8, 4) is 0 Å². The molecule has 3 aliphatic rings. The summed E-state index contributed by atoms with van der Waals surface area (Å²) in [7, 11) is 1.34. The largest absolute Gasteiger partial charge is 2.00 e. The maximum atomic E-state index is 13.6. The first-order valence-corrected chi connectivity index (χ1v) is 24.2. The Morgan fingerprint density at radius 3 is 2.15 bits per heavy atom. The van der Waals surface area contributed by atoms with Crippen molar-refractivity contribution in [3.63, 3.8) is 0 Å². The fourth-order valence-corrected chi connectivity index (χ4v) is 10.5. The molecule has 65 heavy (non-hydrogen) atoms. The molecule has 2 aliphatic heterocycles. The van der Waals surface area contributed by atoms with Crippen molar-refractivity contribution >= 4 is 70.6 Å². The summed E-state index contributed by atoms with van der Waals surface area (Å²) in [6, 6.07) is -0.448. The number of esters is 2. The number of carbonyl (C=O) groups is 2. The molecule has 5 heterocycles. The molecule has 1 fully saturated rings. The number of fused-ring (bicyclic) bond motifs is 8. The minimum absolute atomic E-state index is 0. The number of carbonyl (C=O) groups excluding carboxylic acids is 2. The molecule has 348 valence electrons. The number of aromatic nitrogens is 3. The quantitative estimate of drug-likeness (QED) is 0.0662. The zero-order chi connectivity index (χ0) is 46.4. The first-order valence-electron chi connectivity index (χ1n) is 24.2. The summed E-state index contributed by atoms with van der Waals surface area (Å²) in [4.78, 5) is 42.5. The first-order chi connectivity index (χ1) is 30.6. The number of nitrogens with one attached hydrogen (secondary N) is 1. The minimum atomic E-state index is -1.04. The van der Waals surface area contributed by atoms with E-state index in [-0.39, 0.29) is 59.6 Å². The summed E-state index contributed by atoms with van der Waals surface area (Å²) in [6.45, 7) is 26.3. The smallest absolute Gasteiger partial charge is 0.657 e. The van der Waals surface area contributed by atoms with E-state index in [1.165, 1.54) is 57.6 Å². The van der Waals surface area contributed by atoms with Crippen LogP contribution in [0.2, 0.25) is 0 Å².